The monoisotopic (exact) mass is 1540 g/mol. The highest BCUT2D eigenvalue weighted by molar-refractivity contribution is 7.89. The van der Waals surface area contributed by atoms with Gasteiger partial charge in [-0.1, -0.05) is 116 Å². The van der Waals surface area contributed by atoms with E-state index in [1.54, 1.807) is 182 Å². The molecular weight excluding hydrogens is 1440 g/mol. The van der Waals surface area contributed by atoms with Gasteiger partial charge in [0.15, 0.2) is 0 Å². The molecule has 4 N–H and O–H groups in total. The maximum atomic E-state index is 14.8. The van der Waals surface area contributed by atoms with Crippen molar-refractivity contribution in [1.82, 2.24) is 73.3 Å². The molecule has 0 radical (unpaired) electrons. The number of imidazole rings is 2. The third-order valence-corrected chi connectivity index (χ3v) is 22.2. The van der Waals surface area contributed by atoms with Crippen molar-refractivity contribution in [3.8, 4) is 0 Å². The van der Waals surface area contributed by atoms with Gasteiger partial charge in [0.2, 0.25) is 55.2 Å². The molecule has 2 saturated heterocycles. The number of hydrogen-bond donors (Lipinski definition) is 4. The maximum Gasteiger partial charge on any atom is 0.410 e. The lowest BCUT2D eigenvalue weighted by atomic mass is 9.85. The Bertz CT molecular complexity index is 4680. The van der Waals surface area contributed by atoms with Gasteiger partial charge in [0, 0.05) is 101 Å². The Labute approximate surface area is 635 Å². The molecular formula is C78H99F2N15O12S2. The normalized spacial score (nSPS) is 17.3. The molecule has 4 aromatic heterocycles. The molecule has 7 amide bonds. The van der Waals surface area contributed by atoms with Crippen molar-refractivity contribution >= 4 is 73.1 Å². The van der Waals surface area contributed by atoms with E-state index >= 15 is 0 Å². The Morgan fingerprint density at radius 2 is 0.945 bits per heavy atom. The molecule has 8 aromatic rings. The van der Waals surface area contributed by atoms with Crippen LogP contribution in [0.4, 0.5) is 13.6 Å². The van der Waals surface area contributed by atoms with Gasteiger partial charge in [0.05, 0.1) is 21.9 Å². The minimum atomic E-state index is -4.02. The predicted octanol–water partition coefficient (Wildman–Crippen LogP) is 8.37. The van der Waals surface area contributed by atoms with Crippen molar-refractivity contribution in [3.05, 3.63) is 193 Å². The van der Waals surface area contributed by atoms with E-state index in [4.69, 9.17) is 4.74 Å². The van der Waals surface area contributed by atoms with Crippen molar-refractivity contribution in [2.24, 2.45) is 16.7 Å². The van der Waals surface area contributed by atoms with Crippen LogP contribution in [0.1, 0.15) is 134 Å². The smallest absolute Gasteiger partial charge is 0.410 e. The highest BCUT2D eigenvalue weighted by Crippen LogP contribution is 2.31. The average Bonchev–Trinajstić information content (AvgIpc) is 1.85. The Balaban J connectivity index is 0.000000253. The van der Waals surface area contributed by atoms with Crippen LogP contribution in [0, 0.1) is 28.4 Å². The second kappa shape index (κ2) is 35.1. The average molecular weight is 1540 g/mol. The van der Waals surface area contributed by atoms with E-state index in [2.05, 4.69) is 40.0 Å². The zero-order valence-electron chi connectivity index (χ0n) is 63.8. The van der Waals surface area contributed by atoms with Crippen molar-refractivity contribution in [2.45, 2.75) is 173 Å². The molecule has 2 aliphatic heterocycles. The van der Waals surface area contributed by atoms with Gasteiger partial charge in [-0.2, -0.15) is 0 Å². The van der Waals surface area contributed by atoms with Gasteiger partial charge in [0.1, 0.15) is 46.7 Å². The number of likely N-dealkylation sites (tertiary alicyclic amines) is 2. The van der Waals surface area contributed by atoms with E-state index in [1.807, 2.05) is 27.7 Å². The van der Waals surface area contributed by atoms with Crippen molar-refractivity contribution in [1.29, 1.82) is 0 Å². The number of nitrogens with zero attached hydrogens (tertiary/aromatic N) is 11. The first kappa shape index (κ1) is 82.9. The van der Waals surface area contributed by atoms with Gasteiger partial charge in [-0.15, -0.1) is 0 Å². The molecule has 31 heteroatoms. The third-order valence-electron chi connectivity index (χ3n) is 19.2. The Kier molecular flexibility index (Phi) is 26.7. The number of carbonyl (C=O) groups excluding carboxylic acids is 7. The molecule has 0 saturated carbocycles. The molecule has 10 rings (SSSR count). The van der Waals surface area contributed by atoms with E-state index < -0.39 is 114 Å². The van der Waals surface area contributed by atoms with Gasteiger partial charge < -0.3 is 35.0 Å². The fourth-order valence-electron chi connectivity index (χ4n) is 12.8. The fourth-order valence-corrected chi connectivity index (χ4v) is 15.3. The summed E-state index contributed by atoms with van der Waals surface area (Å²) in [5, 5.41) is 5.82. The summed E-state index contributed by atoms with van der Waals surface area (Å²) in [6.07, 6.45) is 10.7. The van der Waals surface area contributed by atoms with Gasteiger partial charge in [0.25, 0.3) is 11.8 Å². The molecule has 4 aromatic carbocycles. The maximum absolute atomic E-state index is 14.8. The van der Waals surface area contributed by atoms with Crippen molar-refractivity contribution in [3.63, 3.8) is 0 Å². The van der Waals surface area contributed by atoms with E-state index in [9.17, 15) is 59.2 Å². The van der Waals surface area contributed by atoms with Crippen LogP contribution in [-0.4, -0.2) is 206 Å². The third kappa shape index (κ3) is 21.9. The molecule has 0 aliphatic carbocycles. The Hall–Kier alpha value is -10.1. The van der Waals surface area contributed by atoms with Crippen molar-refractivity contribution in [2.75, 3.05) is 46.3 Å². The summed E-state index contributed by atoms with van der Waals surface area (Å²) in [5.41, 5.74) is -0.510. The minimum Gasteiger partial charge on any atom is -0.444 e. The van der Waals surface area contributed by atoms with Crippen LogP contribution in [0.2, 0.25) is 0 Å². The predicted molar refractivity (Wildman–Crippen MR) is 405 cm³/mol. The summed E-state index contributed by atoms with van der Waals surface area (Å²) in [5.74, 6) is -3.00. The summed E-state index contributed by atoms with van der Waals surface area (Å²) in [6.45, 7) is 21.6. The minimum absolute atomic E-state index is 0.0274. The number of aromatic nitrogens is 6. The molecule has 109 heavy (non-hydrogen) atoms. The first-order valence-electron chi connectivity index (χ1n) is 36.3. The second-order valence-corrected chi connectivity index (χ2v) is 34.3. The number of nitrogens with one attached hydrogen (secondary N) is 4. The number of benzene rings is 4. The molecule has 584 valence electrons. The molecule has 0 bridgehead atoms. The molecule has 8 atom stereocenters. The number of ether oxygens (including phenoxy) is 1. The zero-order valence-corrected chi connectivity index (χ0v) is 65.4. The molecule has 6 heterocycles. The molecule has 0 unspecified atom stereocenters. The fraction of sp³-hybridized carbons (Fsp3) is 0.449. The van der Waals surface area contributed by atoms with Crippen LogP contribution in [0.5, 0.6) is 0 Å². The SMILES string of the molecule is CC[C@@H](C)C(=O)N[C@H](C(=O)N1C[C@@H](NS(=O)(=O)c2ccccc2)C[C@H]1CN(CCc1ccc(F)cc1)C(=O)c1cn2cccnc2n1)C(C)(C)C.C[C@@H](C(=O)N[C@H](C(=O)N1C[C@@H](NS(=O)(=O)c2ccccc2)C[C@H]1CN(CCc1ccc(F)cc1)C(=O)c1cn2cccnc2n1)C(C)(C)C)N(C)C(=O)OC(C)(C)C. The Morgan fingerprint density at radius 1 is 0.560 bits per heavy atom. The number of amides is 7. The summed E-state index contributed by atoms with van der Waals surface area (Å²) in [4.78, 5) is 122. The summed E-state index contributed by atoms with van der Waals surface area (Å²) in [7, 11) is -6.52. The number of fused-ring (bicyclic) bond motifs is 2. The molecule has 2 fully saturated rings. The zero-order chi connectivity index (χ0) is 79.5. The molecule has 2 aliphatic rings. The summed E-state index contributed by atoms with van der Waals surface area (Å²) in [6, 6.07) is 25.4. The largest absolute Gasteiger partial charge is 0.444 e. The lowest BCUT2D eigenvalue weighted by molar-refractivity contribution is -0.141. The van der Waals surface area contributed by atoms with E-state index in [-0.39, 0.29) is 96.8 Å². The number of carbonyl (C=O) groups is 7. The quantitative estimate of drug-likeness (QED) is 0.0395. The number of halogens is 2. The number of sulfonamides is 2. The van der Waals surface area contributed by atoms with Crippen LogP contribution in [0.15, 0.2) is 168 Å². The van der Waals surface area contributed by atoms with Crippen LogP contribution in [0.3, 0.4) is 0 Å². The second-order valence-electron chi connectivity index (χ2n) is 30.9. The van der Waals surface area contributed by atoms with Crippen LogP contribution in [0.25, 0.3) is 11.6 Å². The Morgan fingerprint density at radius 3 is 1.30 bits per heavy atom. The first-order chi connectivity index (χ1) is 51.3. The lowest BCUT2D eigenvalue weighted by Crippen LogP contribution is -2.60. The highest BCUT2D eigenvalue weighted by atomic mass is 32.2. The van der Waals surface area contributed by atoms with Gasteiger partial charge >= 0.3 is 6.09 Å². The molecule has 27 nitrogen and oxygen atoms in total. The van der Waals surface area contributed by atoms with Gasteiger partial charge in [-0.05, 0) is 142 Å². The number of rotatable bonds is 26. The van der Waals surface area contributed by atoms with Gasteiger partial charge in [-0.25, -0.2) is 59.8 Å². The van der Waals surface area contributed by atoms with E-state index in [0.29, 0.717) is 30.8 Å². The number of hydrogen-bond acceptors (Lipinski definition) is 16. The van der Waals surface area contributed by atoms with Crippen LogP contribution < -0.4 is 20.1 Å². The van der Waals surface area contributed by atoms with Crippen LogP contribution in [-0.2, 0) is 56.8 Å². The highest BCUT2D eigenvalue weighted by Gasteiger charge is 2.47. The van der Waals surface area contributed by atoms with Crippen molar-refractivity contribution < 1.29 is 63.9 Å². The molecule has 0 spiro atoms. The standard InChI is InChI=1S/C41H53FN8O7S.C37H46FN7O5S/c1-27(47(8)39(54)57-41(5,6)7)35(51)45-34(40(2,3)4)37(53)50-24-30(46-58(55,56)32-13-10-9-11-14-32)23-31(50)25-48(22-19-28-15-17-29(42)18-16-28)36(52)33-26-49-21-12-20-43-38(49)44-33;1-6-25(2)33(46)41-32(37(3,4)5)35(48)45-22-28(42-51(49,50)30-11-8-7-9-12-30)21-29(45)23-43(20-17-26-13-15-27(38)16-14-26)34(47)31-24-44-19-10-18-39-36(44)40-31/h9-18,20-21,26-27,30-31,34,46H,19,22-25H2,1-8H3,(H,45,51);7-16,18-19,24-25,28-29,32,42H,6,17,20-23H2,1-5H3,(H,41,46)/t27-,30-,31-,34+;25-,28+,29+,32-/m01/s1. The summed E-state index contributed by atoms with van der Waals surface area (Å²) >= 11 is 0. The van der Waals surface area contributed by atoms with E-state index in [1.165, 1.54) is 67.4 Å². The van der Waals surface area contributed by atoms with Crippen LogP contribution >= 0.6 is 0 Å². The lowest BCUT2D eigenvalue weighted by Gasteiger charge is -2.38. The summed E-state index contributed by atoms with van der Waals surface area (Å²) < 4.78 is 95.6. The number of likely N-dealkylation sites (N-methyl/N-ethyl adjacent to an activating group) is 1. The van der Waals surface area contributed by atoms with Gasteiger partial charge in [-0.3, -0.25) is 42.5 Å². The topological polar surface area (TPSA) is 322 Å². The first-order valence-corrected chi connectivity index (χ1v) is 39.2. The van der Waals surface area contributed by atoms with E-state index in [0.717, 1.165) is 16.0 Å².